The Morgan fingerprint density at radius 2 is 1.75 bits per heavy atom. The van der Waals surface area contributed by atoms with Crippen LogP contribution in [0.4, 0.5) is 5.69 Å². The zero-order chi connectivity index (χ0) is 17.5. The van der Waals surface area contributed by atoms with Gasteiger partial charge in [0, 0.05) is 31.7 Å². The fourth-order valence-corrected chi connectivity index (χ4v) is 2.49. The minimum atomic E-state index is -0.574. The molecule has 24 heavy (non-hydrogen) atoms. The first-order chi connectivity index (χ1) is 11.5. The van der Waals surface area contributed by atoms with Gasteiger partial charge in [0.2, 0.25) is 5.91 Å². The van der Waals surface area contributed by atoms with Crippen molar-refractivity contribution in [3.63, 3.8) is 0 Å². The monoisotopic (exact) mass is 326 g/mol. The van der Waals surface area contributed by atoms with Gasteiger partial charge < -0.3 is 15.3 Å². The second-order valence-corrected chi connectivity index (χ2v) is 6.23. The molecular weight excluding hydrogens is 300 g/mol. The van der Waals surface area contributed by atoms with Crippen LogP contribution in [0.1, 0.15) is 30.6 Å². The fourth-order valence-electron chi connectivity index (χ4n) is 2.49. The molecule has 0 aromatic heterocycles. The lowest BCUT2D eigenvalue weighted by atomic mass is 10.1. The van der Waals surface area contributed by atoms with Crippen molar-refractivity contribution in [2.75, 3.05) is 18.5 Å². The molecule has 1 amide bonds. The van der Waals surface area contributed by atoms with E-state index in [9.17, 15) is 9.90 Å². The molecule has 0 saturated carbocycles. The van der Waals surface area contributed by atoms with E-state index in [1.54, 1.807) is 11.9 Å². The number of amides is 1. The molecule has 0 bridgehead atoms. The van der Waals surface area contributed by atoms with E-state index in [4.69, 9.17) is 0 Å². The minimum Gasteiger partial charge on any atom is -0.387 e. The molecule has 0 fully saturated rings. The number of carbonyl (C=O) groups excluding carboxylic acids is 1. The summed E-state index contributed by atoms with van der Waals surface area (Å²) in [6, 6.07) is 17.4. The highest BCUT2D eigenvalue weighted by molar-refractivity contribution is 5.93. The highest BCUT2D eigenvalue weighted by atomic mass is 16.3. The van der Waals surface area contributed by atoms with E-state index in [0.717, 1.165) is 11.3 Å². The van der Waals surface area contributed by atoms with Crippen LogP contribution in [0.15, 0.2) is 54.6 Å². The van der Waals surface area contributed by atoms with Crippen molar-refractivity contribution in [2.24, 2.45) is 0 Å². The van der Waals surface area contributed by atoms with Crippen molar-refractivity contribution in [1.29, 1.82) is 0 Å². The molecule has 0 saturated heterocycles. The molecule has 2 rings (SSSR count). The number of nitrogens with zero attached hydrogens (tertiary/aromatic N) is 1. The Morgan fingerprint density at radius 3 is 2.38 bits per heavy atom. The largest absolute Gasteiger partial charge is 0.387 e. The molecule has 0 radical (unpaired) electrons. The zero-order valence-electron chi connectivity index (χ0n) is 14.6. The number of para-hydroxylation sites is 1. The summed E-state index contributed by atoms with van der Waals surface area (Å²) in [5, 5.41) is 13.5. The predicted octanol–water partition coefficient (Wildman–Crippen LogP) is 3.06. The van der Waals surface area contributed by atoms with E-state index in [0.29, 0.717) is 13.0 Å². The van der Waals surface area contributed by atoms with Crippen LogP contribution >= 0.6 is 0 Å². The molecule has 2 unspecified atom stereocenters. The van der Waals surface area contributed by atoms with E-state index in [2.05, 4.69) is 5.32 Å². The number of hydrogen-bond acceptors (Lipinski definition) is 3. The zero-order valence-corrected chi connectivity index (χ0v) is 14.6. The van der Waals surface area contributed by atoms with Crippen LogP contribution < -0.4 is 10.2 Å². The van der Waals surface area contributed by atoms with Gasteiger partial charge in [0.05, 0.1) is 6.10 Å². The lowest BCUT2D eigenvalue weighted by Gasteiger charge is -2.21. The lowest BCUT2D eigenvalue weighted by Crippen LogP contribution is -2.36. The van der Waals surface area contributed by atoms with Crippen LogP contribution in [-0.4, -0.2) is 30.6 Å². The summed E-state index contributed by atoms with van der Waals surface area (Å²) in [6.07, 6.45) is -0.193. The number of aryl methyl sites for hydroxylation is 1. The Kier molecular flexibility index (Phi) is 6.53. The van der Waals surface area contributed by atoms with Crippen molar-refractivity contribution in [3.8, 4) is 0 Å². The number of anilines is 1. The molecule has 0 heterocycles. The van der Waals surface area contributed by atoms with Gasteiger partial charge in [-0.15, -0.1) is 0 Å². The number of aliphatic hydroxyl groups is 1. The first-order valence-electron chi connectivity index (χ1n) is 8.27. The third kappa shape index (κ3) is 5.18. The van der Waals surface area contributed by atoms with Crippen LogP contribution in [0.5, 0.6) is 0 Å². The maximum absolute atomic E-state index is 12.3. The summed E-state index contributed by atoms with van der Waals surface area (Å²) in [6.45, 7) is 4.40. The van der Waals surface area contributed by atoms with Crippen molar-refractivity contribution < 1.29 is 9.90 Å². The summed E-state index contributed by atoms with van der Waals surface area (Å²) >= 11 is 0. The fraction of sp³-hybridized carbons (Fsp3) is 0.350. The summed E-state index contributed by atoms with van der Waals surface area (Å²) in [5.74, 6) is 0.0472. The molecule has 2 aromatic rings. The first kappa shape index (κ1) is 18.2. The third-order valence-corrected chi connectivity index (χ3v) is 4.12. The van der Waals surface area contributed by atoms with Crippen LogP contribution in [0, 0.1) is 6.92 Å². The Bertz CT molecular complexity index is 640. The second kappa shape index (κ2) is 8.62. The van der Waals surface area contributed by atoms with Crippen LogP contribution in [0.2, 0.25) is 0 Å². The van der Waals surface area contributed by atoms with E-state index in [1.165, 1.54) is 5.56 Å². The standard InChI is InChI=1S/C20H26N2O2/c1-15-9-11-17(12-10-15)19(23)14-21-16(2)13-20(24)22(3)18-7-5-4-6-8-18/h4-12,16,19,21,23H,13-14H2,1-3H3. The number of rotatable bonds is 7. The van der Waals surface area contributed by atoms with Crippen LogP contribution in [0.3, 0.4) is 0 Å². The molecule has 0 aliphatic carbocycles. The van der Waals surface area contributed by atoms with Gasteiger partial charge in [-0.05, 0) is 31.5 Å². The highest BCUT2D eigenvalue weighted by Crippen LogP contribution is 2.14. The normalized spacial score (nSPS) is 13.3. The molecule has 128 valence electrons. The molecule has 2 N–H and O–H groups in total. The topological polar surface area (TPSA) is 52.6 Å². The number of aliphatic hydroxyl groups excluding tert-OH is 1. The van der Waals surface area contributed by atoms with E-state index >= 15 is 0 Å². The second-order valence-electron chi connectivity index (χ2n) is 6.23. The van der Waals surface area contributed by atoms with E-state index in [-0.39, 0.29) is 11.9 Å². The van der Waals surface area contributed by atoms with Gasteiger partial charge in [-0.3, -0.25) is 4.79 Å². The van der Waals surface area contributed by atoms with Gasteiger partial charge in [-0.25, -0.2) is 0 Å². The quantitative estimate of drug-likeness (QED) is 0.822. The number of hydrogen-bond donors (Lipinski definition) is 2. The average molecular weight is 326 g/mol. The van der Waals surface area contributed by atoms with Gasteiger partial charge in [-0.1, -0.05) is 48.0 Å². The summed E-state index contributed by atoms with van der Waals surface area (Å²) in [4.78, 5) is 14.0. The summed E-state index contributed by atoms with van der Waals surface area (Å²) in [5.41, 5.74) is 2.93. The van der Waals surface area contributed by atoms with Crippen LogP contribution in [-0.2, 0) is 4.79 Å². The molecule has 2 atom stereocenters. The Balaban J connectivity index is 1.81. The average Bonchev–Trinajstić information content (AvgIpc) is 2.60. The van der Waals surface area contributed by atoms with Gasteiger partial charge >= 0.3 is 0 Å². The summed E-state index contributed by atoms with van der Waals surface area (Å²) in [7, 11) is 1.78. The predicted molar refractivity (Wildman–Crippen MR) is 98.1 cm³/mol. The Labute approximate surface area is 144 Å². The number of benzene rings is 2. The van der Waals surface area contributed by atoms with Crippen molar-refractivity contribution in [3.05, 3.63) is 65.7 Å². The maximum Gasteiger partial charge on any atom is 0.228 e. The lowest BCUT2D eigenvalue weighted by molar-refractivity contribution is -0.118. The summed E-state index contributed by atoms with van der Waals surface area (Å²) < 4.78 is 0. The first-order valence-corrected chi connectivity index (χ1v) is 8.27. The smallest absolute Gasteiger partial charge is 0.228 e. The maximum atomic E-state index is 12.3. The molecule has 4 heteroatoms. The minimum absolute atomic E-state index is 0.0104. The molecule has 0 aliphatic rings. The van der Waals surface area contributed by atoms with Gasteiger partial charge in [0.1, 0.15) is 0 Å². The van der Waals surface area contributed by atoms with E-state index in [1.807, 2.05) is 68.4 Å². The molecule has 2 aromatic carbocycles. The Morgan fingerprint density at radius 1 is 1.12 bits per heavy atom. The number of carbonyl (C=O) groups is 1. The van der Waals surface area contributed by atoms with Crippen LogP contribution in [0.25, 0.3) is 0 Å². The SMILES string of the molecule is Cc1ccc(C(O)CNC(C)CC(=O)N(C)c2ccccc2)cc1. The molecule has 0 spiro atoms. The molecule has 0 aliphatic heterocycles. The van der Waals surface area contributed by atoms with E-state index < -0.39 is 6.10 Å². The number of nitrogens with one attached hydrogen (secondary N) is 1. The van der Waals surface area contributed by atoms with Gasteiger partial charge in [0.25, 0.3) is 0 Å². The highest BCUT2D eigenvalue weighted by Gasteiger charge is 2.16. The molecular formula is C20H26N2O2. The third-order valence-electron chi connectivity index (χ3n) is 4.12. The van der Waals surface area contributed by atoms with Crippen molar-refractivity contribution >= 4 is 11.6 Å². The van der Waals surface area contributed by atoms with Crippen molar-refractivity contribution in [1.82, 2.24) is 5.32 Å². The van der Waals surface area contributed by atoms with Gasteiger partial charge in [-0.2, -0.15) is 0 Å². The Hall–Kier alpha value is -2.17. The molecule has 4 nitrogen and oxygen atoms in total. The van der Waals surface area contributed by atoms with Gasteiger partial charge in [0.15, 0.2) is 0 Å². The van der Waals surface area contributed by atoms with Crippen molar-refractivity contribution in [2.45, 2.75) is 32.4 Å².